The zero-order chi connectivity index (χ0) is 20.6. The van der Waals surface area contributed by atoms with E-state index in [1.54, 1.807) is 7.11 Å². The van der Waals surface area contributed by atoms with Crippen molar-refractivity contribution in [2.75, 3.05) is 39.5 Å². The number of hydrogen-bond donors (Lipinski definition) is 1. The van der Waals surface area contributed by atoms with Gasteiger partial charge in [-0.3, -0.25) is 4.99 Å². The van der Waals surface area contributed by atoms with E-state index in [0.717, 1.165) is 43.5 Å². The first-order chi connectivity index (χ1) is 14.1. The Morgan fingerprint density at radius 3 is 2.90 bits per heavy atom. The third-order valence-corrected chi connectivity index (χ3v) is 6.92. The predicted molar refractivity (Wildman–Crippen MR) is 136 cm³/mol. The van der Waals surface area contributed by atoms with Crippen molar-refractivity contribution in [2.24, 2.45) is 16.8 Å². The number of rotatable bonds is 7. The van der Waals surface area contributed by atoms with E-state index < -0.39 is 0 Å². The number of nitrogens with zero attached hydrogens (tertiary/aromatic N) is 4. The van der Waals surface area contributed by atoms with Crippen LogP contribution in [0.15, 0.2) is 52.9 Å². The average molecular weight is 544 g/mol. The van der Waals surface area contributed by atoms with Crippen molar-refractivity contribution in [2.45, 2.75) is 31.2 Å². The van der Waals surface area contributed by atoms with Gasteiger partial charge < -0.3 is 19.5 Å². The molecule has 1 fully saturated rings. The van der Waals surface area contributed by atoms with Crippen LogP contribution in [0.1, 0.15) is 26.3 Å². The second-order valence-corrected chi connectivity index (χ2v) is 8.85. The van der Waals surface area contributed by atoms with Gasteiger partial charge in [0.1, 0.15) is 5.75 Å². The first kappa shape index (κ1) is 24.8. The van der Waals surface area contributed by atoms with Gasteiger partial charge in [0.25, 0.3) is 0 Å². The molecule has 0 saturated carbocycles. The average Bonchev–Trinajstić information content (AvgIpc) is 3.28. The molecule has 0 bridgehead atoms. The van der Waals surface area contributed by atoms with Gasteiger partial charge in [-0.15, -0.1) is 35.7 Å². The quantitative estimate of drug-likeness (QED) is 0.243. The van der Waals surface area contributed by atoms with E-state index in [4.69, 9.17) is 4.74 Å². The number of aliphatic imine (C=N–C) groups is 1. The highest BCUT2D eigenvalue weighted by Gasteiger charge is 2.28. The molecule has 3 unspecified atom stereocenters. The molecule has 2 heterocycles. The highest BCUT2D eigenvalue weighted by Crippen LogP contribution is 2.30. The van der Waals surface area contributed by atoms with E-state index in [1.807, 2.05) is 43.5 Å². The fraction of sp³-hybridized carbons (Fsp3) is 0.545. The molecule has 3 atom stereocenters. The van der Waals surface area contributed by atoms with Gasteiger partial charge in [0, 0.05) is 49.7 Å². The normalized spacial score (nSPS) is 20.4. The molecule has 8 heteroatoms. The number of nitrogens with one attached hydrogen (secondary N) is 1. The number of hydrogen-bond acceptors (Lipinski definition) is 4. The molecule has 6 nitrogen and oxygen atoms in total. The van der Waals surface area contributed by atoms with E-state index in [-0.39, 0.29) is 24.0 Å². The van der Waals surface area contributed by atoms with Gasteiger partial charge in [-0.25, -0.2) is 4.98 Å². The number of aromatic nitrogens is 2. The molecule has 166 valence electrons. The number of guanidine groups is 1. The lowest BCUT2D eigenvalue weighted by Gasteiger charge is -2.39. The standard InChI is InChI=1S/C22H33N5OS.HI/c1-17(15-29-21-8-6-5-7-20(21)28-4)13-25-22(23-3)26-11-9-18(2)19(14-26)27-12-10-24-16-27;/h5-8,10,12,16-19H,9,11,13-15H2,1-4H3,(H,23,25);1H. The Kier molecular flexibility index (Phi) is 10.3. The molecule has 0 amide bonds. The highest BCUT2D eigenvalue weighted by atomic mass is 127. The van der Waals surface area contributed by atoms with Crippen LogP contribution in [0.2, 0.25) is 0 Å². The molecule has 1 aromatic carbocycles. The minimum Gasteiger partial charge on any atom is -0.496 e. The van der Waals surface area contributed by atoms with Crippen molar-refractivity contribution in [3.8, 4) is 5.75 Å². The highest BCUT2D eigenvalue weighted by molar-refractivity contribution is 14.0. The first-order valence-corrected chi connectivity index (χ1v) is 11.3. The van der Waals surface area contributed by atoms with Crippen molar-refractivity contribution in [3.05, 3.63) is 43.0 Å². The topological polar surface area (TPSA) is 54.7 Å². The van der Waals surface area contributed by atoms with Crippen LogP contribution in [-0.2, 0) is 0 Å². The van der Waals surface area contributed by atoms with Crippen molar-refractivity contribution in [1.82, 2.24) is 19.8 Å². The van der Waals surface area contributed by atoms with E-state index >= 15 is 0 Å². The molecule has 30 heavy (non-hydrogen) atoms. The number of thioether (sulfide) groups is 1. The van der Waals surface area contributed by atoms with E-state index in [2.05, 4.69) is 56.9 Å². The van der Waals surface area contributed by atoms with Crippen LogP contribution >= 0.6 is 35.7 Å². The van der Waals surface area contributed by atoms with Crippen molar-refractivity contribution in [1.29, 1.82) is 0 Å². The summed E-state index contributed by atoms with van der Waals surface area (Å²) >= 11 is 1.84. The minimum absolute atomic E-state index is 0. The lowest BCUT2D eigenvalue weighted by molar-refractivity contribution is 0.188. The first-order valence-electron chi connectivity index (χ1n) is 10.3. The fourth-order valence-electron chi connectivity index (χ4n) is 3.72. The number of imidazole rings is 1. The molecule has 0 spiro atoms. The monoisotopic (exact) mass is 543 g/mol. The van der Waals surface area contributed by atoms with E-state index in [0.29, 0.717) is 17.9 Å². The van der Waals surface area contributed by atoms with Gasteiger partial charge in [-0.1, -0.05) is 26.0 Å². The Morgan fingerprint density at radius 1 is 1.40 bits per heavy atom. The van der Waals surface area contributed by atoms with Crippen LogP contribution in [0.25, 0.3) is 0 Å². The molecular formula is C22H34IN5OS. The van der Waals surface area contributed by atoms with Crippen LogP contribution in [0.4, 0.5) is 0 Å². The van der Waals surface area contributed by atoms with Gasteiger partial charge in [-0.05, 0) is 30.4 Å². The number of ether oxygens (including phenoxy) is 1. The molecule has 1 aromatic heterocycles. The molecule has 1 N–H and O–H groups in total. The van der Waals surface area contributed by atoms with Crippen LogP contribution < -0.4 is 10.1 Å². The van der Waals surface area contributed by atoms with Crippen LogP contribution in [0.3, 0.4) is 0 Å². The molecule has 2 aromatic rings. The summed E-state index contributed by atoms with van der Waals surface area (Å²) in [6.45, 7) is 7.50. The van der Waals surface area contributed by atoms with Gasteiger partial charge >= 0.3 is 0 Å². The molecule has 0 aliphatic carbocycles. The van der Waals surface area contributed by atoms with Gasteiger partial charge in [0.15, 0.2) is 5.96 Å². The van der Waals surface area contributed by atoms with Gasteiger partial charge in [-0.2, -0.15) is 0 Å². The third-order valence-electron chi connectivity index (χ3n) is 5.54. The summed E-state index contributed by atoms with van der Waals surface area (Å²) in [6, 6.07) is 8.63. The summed E-state index contributed by atoms with van der Waals surface area (Å²) < 4.78 is 7.69. The minimum atomic E-state index is 0. The molecule has 3 rings (SSSR count). The SMILES string of the molecule is CN=C(NCC(C)CSc1ccccc1OC)N1CCC(C)C(n2ccnc2)C1.I. The fourth-order valence-corrected chi connectivity index (χ4v) is 4.77. The van der Waals surface area contributed by atoms with E-state index in [1.165, 1.54) is 4.90 Å². The number of likely N-dealkylation sites (tertiary alicyclic amines) is 1. The summed E-state index contributed by atoms with van der Waals surface area (Å²) in [7, 11) is 3.60. The second-order valence-electron chi connectivity index (χ2n) is 7.78. The summed E-state index contributed by atoms with van der Waals surface area (Å²) in [4.78, 5) is 12.4. The molecule has 1 saturated heterocycles. The maximum Gasteiger partial charge on any atom is 0.193 e. The molecule has 1 aliphatic heterocycles. The largest absolute Gasteiger partial charge is 0.496 e. The maximum atomic E-state index is 5.45. The molecule has 0 radical (unpaired) electrons. The van der Waals surface area contributed by atoms with Gasteiger partial charge in [0.05, 0.1) is 19.5 Å². The number of methoxy groups -OCH3 is 1. The number of piperidine rings is 1. The zero-order valence-electron chi connectivity index (χ0n) is 18.3. The lowest BCUT2D eigenvalue weighted by Crippen LogP contribution is -2.49. The van der Waals surface area contributed by atoms with Crippen molar-refractivity contribution in [3.63, 3.8) is 0 Å². The van der Waals surface area contributed by atoms with Crippen LogP contribution in [0, 0.1) is 11.8 Å². The number of halogens is 1. The zero-order valence-corrected chi connectivity index (χ0v) is 21.5. The summed E-state index contributed by atoms with van der Waals surface area (Å²) in [5, 5.41) is 3.59. The smallest absolute Gasteiger partial charge is 0.193 e. The Labute approximate surface area is 201 Å². The third kappa shape index (κ3) is 6.54. The van der Waals surface area contributed by atoms with E-state index in [9.17, 15) is 0 Å². The summed E-state index contributed by atoms with van der Waals surface area (Å²) in [5.41, 5.74) is 0. The molecular weight excluding hydrogens is 509 g/mol. The Hall–Kier alpha value is -1.42. The van der Waals surface area contributed by atoms with Gasteiger partial charge in [0.2, 0.25) is 0 Å². The Morgan fingerprint density at radius 2 is 2.20 bits per heavy atom. The van der Waals surface area contributed by atoms with Crippen molar-refractivity contribution < 1.29 is 4.74 Å². The molecule has 1 aliphatic rings. The lowest BCUT2D eigenvalue weighted by atomic mass is 9.93. The second kappa shape index (κ2) is 12.4. The Balaban J connectivity index is 0.00000320. The number of benzene rings is 1. The van der Waals surface area contributed by atoms with Crippen LogP contribution in [0.5, 0.6) is 5.75 Å². The summed E-state index contributed by atoms with van der Waals surface area (Å²) in [5.74, 6) is 4.11. The van der Waals surface area contributed by atoms with Crippen molar-refractivity contribution >= 4 is 41.7 Å². The summed E-state index contributed by atoms with van der Waals surface area (Å²) in [6.07, 6.45) is 7.01. The number of para-hydroxylation sites is 1. The van der Waals surface area contributed by atoms with Crippen LogP contribution in [-0.4, -0.2) is 60.0 Å². The Bertz CT molecular complexity index is 786. The predicted octanol–water partition coefficient (Wildman–Crippen LogP) is 4.40. The maximum absolute atomic E-state index is 5.45.